The van der Waals surface area contributed by atoms with Crippen molar-refractivity contribution in [3.8, 4) is 0 Å². The van der Waals surface area contributed by atoms with Crippen LogP contribution in [0.2, 0.25) is 0 Å². The molecule has 0 saturated carbocycles. The Bertz CT molecular complexity index is 729. The van der Waals surface area contributed by atoms with Crippen LogP contribution in [-0.2, 0) is 4.74 Å². The Kier molecular flexibility index (Phi) is 15.2. The lowest BCUT2D eigenvalue weighted by atomic mass is 10.0. The minimum absolute atomic E-state index is 0.435. The molecule has 202 valence electrons. The number of rotatable bonds is 20. The summed E-state index contributed by atoms with van der Waals surface area (Å²) in [6.45, 7) is 2.59. The summed E-state index contributed by atoms with van der Waals surface area (Å²) in [5.74, 6) is 0.485. The third-order valence-corrected chi connectivity index (χ3v) is 6.96. The number of hydrogen-bond acceptors (Lipinski definition) is 7. The van der Waals surface area contributed by atoms with E-state index < -0.39 is 36.8 Å². The third-order valence-electron chi connectivity index (χ3n) is 6.96. The van der Waals surface area contributed by atoms with E-state index in [9.17, 15) is 20.1 Å². The van der Waals surface area contributed by atoms with E-state index >= 15 is 0 Å². The largest absolute Gasteiger partial charge is 0.394 e. The zero-order valence-electron chi connectivity index (χ0n) is 21.7. The lowest BCUT2D eigenvalue weighted by Crippen LogP contribution is -2.36. The summed E-state index contributed by atoms with van der Waals surface area (Å²) in [7, 11) is 0. The van der Waals surface area contributed by atoms with E-state index in [0.29, 0.717) is 5.82 Å². The zero-order chi connectivity index (χ0) is 25.3. The van der Waals surface area contributed by atoms with Crippen molar-refractivity contribution < 1.29 is 20.1 Å². The van der Waals surface area contributed by atoms with Gasteiger partial charge in [0.25, 0.3) is 0 Å². The van der Waals surface area contributed by atoms with Crippen LogP contribution in [0.25, 0.3) is 0 Å². The van der Waals surface area contributed by atoms with E-state index in [1.807, 2.05) is 0 Å². The minimum atomic E-state index is -1.30. The van der Waals surface area contributed by atoms with Gasteiger partial charge in [0.1, 0.15) is 24.1 Å². The fraction of sp³-hybridized carbons (Fsp3) is 0.852. The number of hydrogen-bond donors (Lipinski definition) is 4. The van der Waals surface area contributed by atoms with E-state index in [2.05, 4.69) is 17.2 Å². The molecule has 2 rings (SSSR count). The maximum Gasteiger partial charge on any atom is 0.351 e. The first kappa shape index (κ1) is 29.7. The molecule has 0 spiro atoms. The van der Waals surface area contributed by atoms with Crippen LogP contribution in [-0.4, -0.2) is 56.3 Å². The normalized spacial score (nSPS) is 22.1. The lowest BCUT2D eigenvalue weighted by Gasteiger charge is -2.17. The number of nitrogens with zero attached hydrogens (tertiary/aromatic N) is 2. The number of aliphatic hydroxyl groups excluding tert-OH is 3. The van der Waals surface area contributed by atoms with Gasteiger partial charge in [-0.3, -0.25) is 4.57 Å². The summed E-state index contributed by atoms with van der Waals surface area (Å²) >= 11 is 0. The van der Waals surface area contributed by atoms with E-state index in [-0.39, 0.29) is 0 Å². The average molecular weight is 496 g/mol. The Morgan fingerprint density at radius 3 is 1.83 bits per heavy atom. The molecule has 1 aliphatic rings. The van der Waals surface area contributed by atoms with Gasteiger partial charge in [-0.1, -0.05) is 103 Å². The minimum Gasteiger partial charge on any atom is -0.394 e. The van der Waals surface area contributed by atoms with Gasteiger partial charge in [0.05, 0.1) is 6.61 Å². The SMILES string of the molecule is CCCCCCCCCCCCCCCCCCNc1ccn(C2OC(CO)C(O)C2O)c(=O)n1. The second-order valence-corrected chi connectivity index (χ2v) is 9.96. The van der Waals surface area contributed by atoms with Gasteiger partial charge in [0, 0.05) is 12.7 Å². The third kappa shape index (κ3) is 11.0. The standard InChI is InChI=1S/C27H49N3O5/c1-2-3-4-5-6-7-8-9-10-11-12-13-14-15-16-17-19-28-23-18-20-30(27(34)29-23)26-25(33)24(32)22(21-31)35-26/h18,20,22,24-26,31-33H,2-17,19,21H2,1H3,(H,28,29,34). The summed E-state index contributed by atoms with van der Waals surface area (Å²) < 4.78 is 6.53. The van der Waals surface area contributed by atoms with Crippen LogP contribution in [0.15, 0.2) is 17.1 Å². The zero-order valence-corrected chi connectivity index (χ0v) is 21.7. The highest BCUT2D eigenvalue weighted by molar-refractivity contribution is 5.31. The highest BCUT2D eigenvalue weighted by Crippen LogP contribution is 2.28. The molecule has 1 aromatic rings. The monoisotopic (exact) mass is 495 g/mol. The molecule has 4 unspecified atom stereocenters. The molecule has 8 nitrogen and oxygen atoms in total. The fourth-order valence-electron chi connectivity index (χ4n) is 4.70. The average Bonchev–Trinajstić information content (AvgIpc) is 3.14. The lowest BCUT2D eigenvalue weighted by molar-refractivity contribution is -0.0549. The van der Waals surface area contributed by atoms with Gasteiger partial charge < -0.3 is 25.4 Å². The van der Waals surface area contributed by atoms with E-state index in [1.165, 1.54) is 96.1 Å². The van der Waals surface area contributed by atoms with Crippen LogP contribution >= 0.6 is 0 Å². The van der Waals surface area contributed by atoms with Crippen LogP contribution in [0.1, 0.15) is 116 Å². The van der Waals surface area contributed by atoms with Crippen LogP contribution in [0.4, 0.5) is 5.82 Å². The summed E-state index contributed by atoms with van der Waals surface area (Å²) in [5.41, 5.74) is -0.572. The molecule has 1 fully saturated rings. The van der Waals surface area contributed by atoms with Crippen molar-refractivity contribution in [1.82, 2.24) is 9.55 Å². The summed E-state index contributed by atoms with van der Waals surface area (Å²) in [6, 6.07) is 1.66. The van der Waals surface area contributed by atoms with Gasteiger partial charge >= 0.3 is 5.69 Å². The van der Waals surface area contributed by atoms with E-state index in [1.54, 1.807) is 6.07 Å². The Balaban J connectivity index is 1.46. The maximum absolute atomic E-state index is 12.3. The second kappa shape index (κ2) is 17.9. The van der Waals surface area contributed by atoms with Gasteiger partial charge in [-0.15, -0.1) is 0 Å². The predicted octanol–water partition coefficient (Wildman–Crippen LogP) is 4.53. The summed E-state index contributed by atoms with van der Waals surface area (Å²) in [5, 5.41) is 32.3. The summed E-state index contributed by atoms with van der Waals surface area (Å²) in [6.07, 6.45) is 18.3. The Labute approximate surface area is 211 Å². The predicted molar refractivity (Wildman–Crippen MR) is 140 cm³/mol. The van der Waals surface area contributed by atoms with Crippen molar-refractivity contribution in [2.45, 2.75) is 134 Å². The summed E-state index contributed by atoms with van der Waals surface area (Å²) in [4.78, 5) is 16.3. The number of anilines is 1. The van der Waals surface area contributed by atoms with Crippen molar-refractivity contribution in [2.75, 3.05) is 18.5 Å². The van der Waals surface area contributed by atoms with E-state index in [4.69, 9.17) is 4.74 Å². The van der Waals surface area contributed by atoms with Crippen LogP contribution in [0.5, 0.6) is 0 Å². The molecule has 0 amide bonds. The highest BCUT2D eigenvalue weighted by Gasteiger charge is 2.43. The molecular weight excluding hydrogens is 446 g/mol. The van der Waals surface area contributed by atoms with Crippen LogP contribution < -0.4 is 11.0 Å². The number of aromatic nitrogens is 2. The molecular formula is C27H49N3O5. The highest BCUT2D eigenvalue weighted by atomic mass is 16.6. The Morgan fingerprint density at radius 2 is 1.37 bits per heavy atom. The quantitative estimate of drug-likeness (QED) is 0.196. The first-order valence-electron chi connectivity index (χ1n) is 14.0. The van der Waals surface area contributed by atoms with Gasteiger partial charge in [0.15, 0.2) is 6.23 Å². The van der Waals surface area contributed by atoms with E-state index in [0.717, 1.165) is 24.0 Å². The first-order chi connectivity index (χ1) is 17.1. The molecule has 0 aromatic carbocycles. The van der Waals surface area contributed by atoms with Gasteiger partial charge in [-0.25, -0.2) is 4.79 Å². The van der Waals surface area contributed by atoms with Gasteiger partial charge in [-0.05, 0) is 12.5 Å². The molecule has 4 N–H and O–H groups in total. The number of ether oxygens (including phenoxy) is 1. The molecule has 0 aliphatic carbocycles. The Morgan fingerprint density at radius 1 is 0.857 bits per heavy atom. The van der Waals surface area contributed by atoms with Crippen molar-refractivity contribution in [1.29, 1.82) is 0 Å². The molecule has 0 bridgehead atoms. The molecule has 2 heterocycles. The number of unbranched alkanes of at least 4 members (excludes halogenated alkanes) is 15. The molecule has 4 atom stereocenters. The molecule has 1 aromatic heterocycles. The van der Waals surface area contributed by atoms with Crippen molar-refractivity contribution in [2.24, 2.45) is 0 Å². The van der Waals surface area contributed by atoms with Crippen LogP contribution in [0, 0.1) is 0 Å². The van der Waals surface area contributed by atoms with Gasteiger partial charge in [0.2, 0.25) is 0 Å². The van der Waals surface area contributed by atoms with Crippen molar-refractivity contribution >= 4 is 5.82 Å². The molecule has 1 saturated heterocycles. The van der Waals surface area contributed by atoms with Crippen molar-refractivity contribution in [3.05, 3.63) is 22.7 Å². The fourth-order valence-corrected chi connectivity index (χ4v) is 4.70. The maximum atomic E-state index is 12.3. The second-order valence-electron chi connectivity index (χ2n) is 9.96. The number of nitrogens with one attached hydrogen (secondary N) is 1. The topological polar surface area (TPSA) is 117 Å². The van der Waals surface area contributed by atoms with Crippen LogP contribution in [0.3, 0.4) is 0 Å². The molecule has 1 aliphatic heterocycles. The Hall–Kier alpha value is -1.48. The van der Waals surface area contributed by atoms with Crippen molar-refractivity contribution in [3.63, 3.8) is 0 Å². The first-order valence-corrected chi connectivity index (χ1v) is 14.0. The molecule has 0 radical (unpaired) electrons. The molecule has 8 heteroatoms. The van der Waals surface area contributed by atoms with Gasteiger partial charge in [-0.2, -0.15) is 4.98 Å². The molecule has 35 heavy (non-hydrogen) atoms. The smallest absolute Gasteiger partial charge is 0.351 e. The number of aliphatic hydroxyl groups is 3.